The standard InChI is InChI=1S/C14H25N3O/c1-3-15-9-13-8-14(18-16-13)11-17(2)10-12-6-4-5-7-12/h8,12,15H,3-7,9-11H2,1-2H3. The molecule has 1 aliphatic rings. The molecule has 1 aromatic heterocycles. The van der Waals surface area contributed by atoms with Gasteiger partial charge in [-0.15, -0.1) is 0 Å². The summed E-state index contributed by atoms with van der Waals surface area (Å²) in [7, 11) is 2.17. The summed E-state index contributed by atoms with van der Waals surface area (Å²) in [5.41, 5.74) is 1.00. The fraction of sp³-hybridized carbons (Fsp3) is 0.786. The van der Waals surface area contributed by atoms with Crippen LogP contribution in [0, 0.1) is 5.92 Å². The van der Waals surface area contributed by atoms with E-state index >= 15 is 0 Å². The second-order valence-electron chi connectivity index (χ2n) is 5.41. The Kier molecular flexibility index (Phi) is 5.20. The van der Waals surface area contributed by atoms with Crippen LogP contribution in [0.5, 0.6) is 0 Å². The number of aromatic nitrogens is 1. The fourth-order valence-corrected chi connectivity index (χ4v) is 2.73. The van der Waals surface area contributed by atoms with Crippen molar-refractivity contribution in [3.8, 4) is 0 Å². The summed E-state index contributed by atoms with van der Waals surface area (Å²) in [6.07, 6.45) is 5.61. The van der Waals surface area contributed by atoms with Gasteiger partial charge in [0.15, 0.2) is 5.76 Å². The predicted octanol–water partition coefficient (Wildman–Crippen LogP) is 2.41. The molecule has 4 nitrogen and oxygen atoms in total. The minimum atomic E-state index is 0.798. The van der Waals surface area contributed by atoms with E-state index in [4.69, 9.17) is 4.52 Å². The first-order chi connectivity index (χ1) is 8.78. The molecule has 0 bridgehead atoms. The minimum Gasteiger partial charge on any atom is -0.360 e. The summed E-state index contributed by atoms with van der Waals surface area (Å²) >= 11 is 0. The molecule has 0 unspecified atom stereocenters. The number of nitrogens with one attached hydrogen (secondary N) is 1. The van der Waals surface area contributed by atoms with Crippen molar-refractivity contribution in [2.75, 3.05) is 20.1 Å². The number of rotatable bonds is 7. The van der Waals surface area contributed by atoms with E-state index in [0.29, 0.717) is 0 Å². The van der Waals surface area contributed by atoms with Crippen molar-refractivity contribution < 1.29 is 4.52 Å². The van der Waals surface area contributed by atoms with Crippen LogP contribution < -0.4 is 5.32 Å². The summed E-state index contributed by atoms with van der Waals surface area (Å²) in [4.78, 5) is 2.35. The second-order valence-corrected chi connectivity index (χ2v) is 5.41. The van der Waals surface area contributed by atoms with E-state index < -0.39 is 0 Å². The van der Waals surface area contributed by atoms with Crippen molar-refractivity contribution >= 4 is 0 Å². The lowest BCUT2D eigenvalue weighted by Crippen LogP contribution is -2.23. The summed E-state index contributed by atoms with van der Waals surface area (Å²) in [5.74, 6) is 1.86. The molecule has 102 valence electrons. The molecule has 1 aromatic rings. The van der Waals surface area contributed by atoms with E-state index in [1.54, 1.807) is 0 Å². The molecule has 1 aliphatic carbocycles. The molecule has 0 radical (unpaired) electrons. The van der Waals surface area contributed by atoms with Crippen molar-refractivity contribution in [3.05, 3.63) is 17.5 Å². The molecule has 0 spiro atoms. The van der Waals surface area contributed by atoms with Gasteiger partial charge >= 0.3 is 0 Å². The quantitative estimate of drug-likeness (QED) is 0.808. The van der Waals surface area contributed by atoms with Crippen molar-refractivity contribution in [1.29, 1.82) is 0 Å². The van der Waals surface area contributed by atoms with E-state index in [-0.39, 0.29) is 0 Å². The van der Waals surface area contributed by atoms with Gasteiger partial charge in [-0.2, -0.15) is 0 Å². The highest BCUT2D eigenvalue weighted by Crippen LogP contribution is 2.25. The Hall–Kier alpha value is -0.870. The van der Waals surface area contributed by atoms with Gasteiger partial charge in [0, 0.05) is 19.2 Å². The molecular formula is C14H25N3O. The summed E-state index contributed by atoms with van der Waals surface area (Å²) in [6, 6.07) is 2.06. The van der Waals surface area contributed by atoms with Crippen LogP contribution in [-0.2, 0) is 13.1 Å². The van der Waals surface area contributed by atoms with Crippen LogP contribution in [0.1, 0.15) is 44.1 Å². The summed E-state index contributed by atoms with van der Waals surface area (Å²) < 4.78 is 5.37. The maximum absolute atomic E-state index is 5.37. The smallest absolute Gasteiger partial charge is 0.151 e. The Balaban J connectivity index is 1.75. The maximum atomic E-state index is 5.37. The van der Waals surface area contributed by atoms with Gasteiger partial charge in [0.25, 0.3) is 0 Å². The van der Waals surface area contributed by atoms with Crippen molar-refractivity contribution in [1.82, 2.24) is 15.4 Å². The predicted molar refractivity (Wildman–Crippen MR) is 72.2 cm³/mol. The number of hydrogen-bond donors (Lipinski definition) is 1. The van der Waals surface area contributed by atoms with E-state index in [2.05, 4.69) is 35.4 Å². The topological polar surface area (TPSA) is 41.3 Å². The molecule has 0 atom stereocenters. The van der Waals surface area contributed by atoms with Crippen LogP contribution in [0.3, 0.4) is 0 Å². The molecule has 1 N–H and O–H groups in total. The van der Waals surface area contributed by atoms with E-state index in [1.807, 2.05) is 0 Å². The van der Waals surface area contributed by atoms with Gasteiger partial charge in [-0.3, -0.25) is 4.90 Å². The lowest BCUT2D eigenvalue weighted by Gasteiger charge is -2.18. The molecule has 0 aromatic carbocycles. The highest BCUT2D eigenvalue weighted by atomic mass is 16.5. The van der Waals surface area contributed by atoms with Crippen molar-refractivity contribution in [2.24, 2.45) is 5.92 Å². The monoisotopic (exact) mass is 251 g/mol. The molecule has 1 saturated carbocycles. The molecule has 2 rings (SSSR count). The normalized spacial score (nSPS) is 16.8. The third-order valence-corrected chi connectivity index (χ3v) is 3.63. The number of hydrogen-bond acceptors (Lipinski definition) is 4. The van der Waals surface area contributed by atoms with Crippen LogP contribution >= 0.6 is 0 Å². The van der Waals surface area contributed by atoms with E-state index in [1.165, 1.54) is 32.2 Å². The third kappa shape index (κ3) is 4.10. The Morgan fingerprint density at radius 3 is 2.94 bits per heavy atom. The molecule has 4 heteroatoms. The van der Waals surface area contributed by atoms with Crippen LogP contribution in [0.15, 0.2) is 10.6 Å². The first-order valence-electron chi connectivity index (χ1n) is 7.11. The molecule has 0 aliphatic heterocycles. The Morgan fingerprint density at radius 1 is 1.44 bits per heavy atom. The highest BCUT2D eigenvalue weighted by Gasteiger charge is 2.17. The van der Waals surface area contributed by atoms with E-state index in [9.17, 15) is 0 Å². The summed E-state index contributed by atoms with van der Waals surface area (Å²) in [5, 5.41) is 7.33. The second kappa shape index (κ2) is 6.90. The Labute approximate surface area is 110 Å². The molecular weight excluding hydrogens is 226 g/mol. The van der Waals surface area contributed by atoms with Gasteiger partial charge < -0.3 is 9.84 Å². The molecule has 1 heterocycles. The van der Waals surface area contributed by atoms with Gasteiger partial charge in [-0.25, -0.2) is 0 Å². The van der Waals surface area contributed by atoms with Gasteiger partial charge in [0.1, 0.15) is 0 Å². The zero-order valence-electron chi connectivity index (χ0n) is 11.6. The van der Waals surface area contributed by atoms with Crippen LogP contribution in [0.2, 0.25) is 0 Å². The van der Waals surface area contributed by atoms with Crippen LogP contribution in [-0.4, -0.2) is 30.2 Å². The van der Waals surface area contributed by atoms with Gasteiger partial charge in [-0.05, 0) is 32.4 Å². The van der Waals surface area contributed by atoms with Crippen molar-refractivity contribution in [2.45, 2.75) is 45.7 Å². The van der Waals surface area contributed by atoms with Gasteiger partial charge in [0.05, 0.1) is 12.2 Å². The maximum Gasteiger partial charge on any atom is 0.151 e. The molecule has 0 saturated heterocycles. The fourth-order valence-electron chi connectivity index (χ4n) is 2.73. The highest BCUT2D eigenvalue weighted by molar-refractivity contribution is 5.05. The lowest BCUT2D eigenvalue weighted by molar-refractivity contribution is 0.238. The zero-order valence-corrected chi connectivity index (χ0v) is 11.6. The third-order valence-electron chi connectivity index (χ3n) is 3.63. The Bertz CT molecular complexity index is 345. The number of nitrogens with zero attached hydrogens (tertiary/aromatic N) is 2. The SMILES string of the molecule is CCNCc1cc(CN(C)CC2CCCC2)on1. The first-order valence-corrected chi connectivity index (χ1v) is 7.11. The first kappa shape index (κ1) is 13.6. The van der Waals surface area contributed by atoms with Gasteiger partial charge in [0.2, 0.25) is 0 Å². The molecule has 0 amide bonds. The van der Waals surface area contributed by atoms with E-state index in [0.717, 1.165) is 37.0 Å². The molecule has 1 fully saturated rings. The Morgan fingerprint density at radius 2 is 2.22 bits per heavy atom. The molecule has 18 heavy (non-hydrogen) atoms. The van der Waals surface area contributed by atoms with Crippen LogP contribution in [0.25, 0.3) is 0 Å². The van der Waals surface area contributed by atoms with Gasteiger partial charge in [-0.1, -0.05) is 24.9 Å². The average molecular weight is 251 g/mol. The summed E-state index contributed by atoms with van der Waals surface area (Å²) in [6.45, 7) is 5.91. The van der Waals surface area contributed by atoms with Crippen molar-refractivity contribution in [3.63, 3.8) is 0 Å². The average Bonchev–Trinajstić information content (AvgIpc) is 2.98. The largest absolute Gasteiger partial charge is 0.360 e. The zero-order chi connectivity index (χ0) is 12.8. The minimum absolute atomic E-state index is 0.798. The lowest BCUT2D eigenvalue weighted by atomic mass is 10.1. The van der Waals surface area contributed by atoms with Crippen LogP contribution in [0.4, 0.5) is 0 Å².